The van der Waals surface area contributed by atoms with E-state index in [1.165, 1.54) is 0 Å². The minimum Gasteiger partial charge on any atom is -0.870 e. The van der Waals surface area contributed by atoms with E-state index in [1.807, 2.05) is 0 Å². The van der Waals surface area contributed by atoms with Gasteiger partial charge in [-0.15, -0.1) is 0 Å². The minimum absolute atomic E-state index is 0. The zero-order chi connectivity index (χ0) is 16.3. The van der Waals surface area contributed by atoms with Crippen LogP contribution in [0.4, 0.5) is 0 Å². The normalized spacial score (nSPS) is 19.1. The van der Waals surface area contributed by atoms with Crippen molar-refractivity contribution in [1.82, 2.24) is 26.2 Å². The second-order valence-electron chi connectivity index (χ2n) is 6.89. The van der Waals surface area contributed by atoms with Gasteiger partial charge in [-0.2, -0.15) is 0 Å². The van der Waals surface area contributed by atoms with Crippen LogP contribution in [0, 0.1) is 0 Å². The molecule has 0 aromatic carbocycles. The summed E-state index contributed by atoms with van der Waals surface area (Å²) in [5.41, 5.74) is 0. The molecule has 0 spiro atoms. The van der Waals surface area contributed by atoms with Crippen molar-refractivity contribution in [2.45, 2.75) is 0 Å². The second-order valence-corrected chi connectivity index (χ2v) is 6.89. The first-order valence-corrected chi connectivity index (χ1v) is 8.39. The number of likely N-dealkylation sites (N-methyl/N-ethyl adjacent to an activating group) is 1. The first kappa shape index (κ1) is 22.2. The number of hydrogen-bond donors (Lipinski definition) is 4. The minimum atomic E-state index is 0. The number of nitrogens with zero attached hydrogens (tertiary/aromatic N) is 2. The van der Waals surface area contributed by atoms with Crippen LogP contribution in [0.3, 0.4) is 0 Å². The van der Waals surface area contributed by atoms with E-state index in [0.717, 1.165) is 69.9 Å². The molecule has 8 heteroatoms. The van der Waals surface area contributed by atoms with Crippen LogP contribution in [-0.4, -0.2) is 114 Å². The van der Waals surface area contributed by atoms with Gasteiger partial charge >= 0.3 is 0 Å². The Bertz CT molecular complexity index is 297. The van der Waals surface area contributed by atoms with Crippen molar-refractivity contribution < 1.29 is 14.8 Å². The zero-order valence-corrected chi connectivity index (χ0v) is 15.0. The number of carbonyl (C=O) groups excluding carboxylic acids is 1. The number of nitrogens with one attached hydrogen (secondary N) is 4. The molecule has 0 bridgehead atoms. The molecule has 0 saturated carbocycles. The maximum atomic E-state index is 12.1. The molecule has 1 amide bonds. The largest absolute Gasteiger partial charge is 0.870 e. The molecule has 1 saturated heterocycles. The molecule has 138 valence electrons. The molecule has 0 aliphatic carbocycles. The molecule has 1 aliphatic heterocycles. The van der Waals surface area contributed by atoms with E-state index in [4.69, 9.17) is 0 Å². The van der Waals surface area contributed by atoms with Gasteiger partial charge in [0.25, 0.3) is 0 Å². The highest BCUT2D eigenvalue weighted by Crippen LogP contribution is 1.89. The van der Waals surface area contributed by atoms with Gasteiger partial charge in [0.1, 0.15) is 0 Å². The Morgan fingerprint density at radius 2 is 1.43 bits per heavy atom. The van der Waals surface area contributed by atoms with Crippen molar-refractivity contribution in [2.24, 2.45) is 0 Å². The van der Waals surface area contributed by atoms with E-state index in [9.17, 15) is 4.79 Å². The van der Waals surface area contributed by atoms with Crippen molar-refractivity contribution in [1.29, 1.82) is 0 Å². The molecule has 1 aliphatic rings. The van der Waals surface area contributed by atoms with Gasteiger partial charge in [-0.25, -0.2) is 0 Å². The van der Waals surface area contributed by atoms with E-state index in [-0.39, 0.29) is 11.4 Å². The SMILES string of the molecule is C[N+](C)(C)CCNC(=O)CN1CCNCCNCCNCC1.[OH-]. The molecule has 1 heterocycles. The van der Waals surface area contributed by atoms with Crippen molar-refractivity contribution >= 4 is 5.91 Å². The predicted octanol–water partition coefficient (Wildman–Crippen LogP) is -2.28. The van der Waals surface area contributed by atoms with E-state index in [2.05, 4.69) is 47.3 Å². The van der Waals surface area contributed by atoms with Crippen molar-refractivity contribution in [3.05, 3.63) is 0 Å². The van der Waals surface area contributed by atoms with Gasteiger partial charge in [0.05, 0.1) is 40.8 Å². The van der Waals surface area contributed by atoms with Gasteiger partial charge in [-0.05, 0) is 0 Å². The van der Waals surface area contributed by atoms with E-state index in [0.29, 0.717) is 6.54 Å². The van der Waals surface area contributed by atoms with E-state index < -0.39 is 0 Å². The third-order valence-corrected chi connectivity index (χ3v) is 3.64. The van der Waals surface area contributed by atoms with Crippen LogP contribution in [0.1, 0.15) is 0 Å². The average Bonchev–Trinajstić information content (AvgIpc) is 2.40. The lowest BCUT2D eigenvalue weighted by Gasteiger charge is -2.25. The number of rotatable bonds is 5. The first-order chi connectivity index (χ1) is 10.5. The summed E-state index contributed by atoms with van der Waals surface area (Å²) in [7, 11) is 6.40. The lowest BCUT2D eigenvalue weighted by molar-refractivity contribution is -0.869. The van der Waals surface area contributed by atoms with Crippen molar-refractivity contribution in [2.75, 3.05) is 93.1 Å². The van der Waals surface area contributed by atoms with Crippen LogP contribution in [0.2, 0.25) is 0 Å². The molecule has 23 heavy (non-hydrogen) atoms. The lowest BCUT2D eigenvalue weighted by Crippen LogP contribution is -2.47. The summed E-state index contributed by atoms with van der Waals surface area (Å²) in [6, 6.07) is 0. The van der Waals surface area contributed by atoms with Gasteiger partial charge in [0, 0.05) is 52.4 Å². The molecule has 5 N–H and O–H groups in total. The fourth-order valence-electron chi connectivity index (χ4n) is 2.26. The fraction of sp³-hybridized carbons (Fsp3) is 0.933. The highest BCUT2D eigenvalue weighted by atomic mass is 16.2. The molecule has 0 atom stereocenters. The summed E-state index contributed by atoms with van der Waals surface area (Å²) in [6.07, 6.45) is 0. The van der Waals surface area contributed by atoms with Gasteiger partial charge in [0.15, 0.2) is 0 Å². The first-order valence-electron chi connectivity index (χ1n) is 8.39. The maximum absolute atomic E-state index is 12.1. The summed E-state index contributed by atoms with van der Waals surface area (Å²) in [4.78, 5) is 14.3. The zero-order valence-electron chi connectivity index (χ0n) is 15.0. The van der Waals surface area contributed by atoms with Crippen LogP contribution in [-0.2, 0) is 4.79 Å². The quantitative estimate of drug-likeness (QED) is 0.423. The molecule has 0 aromatic rings. The number of carbonyl (C=O) groups is 1. The Labute approximate surface area is 140 Å². The molecule has 1 fully saturated rings. The van der Waals surface area contributed by atoms with E-state index >= 15 is 0 Å². The molecule has 0 aromatic heterocycles. The van der Waals surface area contributed by atoms with Gasteiger partial charge < -0.3 is 31.2 Å². The predicted molar refractivity (Wildman–Crippen MR) is 92.9 cm³/mol. The molecule has 1 rings (SSSR count). The van der Waals surface area contributed by atoms with Gasteiger partial charge in [-0.3, -0.25) is 9.69 Å². The molecular formula is C15H36N6O2. The Balaban J connectivity index is 0.00000484. The van der Waals surface area contributed by atoms with Crippen LogP contribution >= 0.6 is 0 Å². The summed E-state index contributed by atoms with van der Waals surface area (Å²) < 4.78 is 0.867. The molecule has 0 radical (unpaired) electrons. The van der Waals surface area contributed by atoms with Crippen molar-refractivity contribution in [3.63, 3.8) is 0 Å². The van der Waals surface area contributed by atoms with Crippen LogP contribution < -0.4 is 21.3 Å². The maximum Gasteiger partial charge on any atom is 0.234 e. The number of quaternary nitrogens is 1. The third-order valence-electron chi connectivity index (χ3n) is 3.64. The Kier molecular flexibility index (Phi) is 12.2. The molecular weight excluding hydrogens is 296 g/mol. The third kappa shape index (κ3) is 13.4. The average molecular weight is 332 g/mol. The fourth-order valence-corrected chi connectivity index (χ4v) is 2.26. The number of hydrogen-bond acceptors (Lipinski definition) is 6. The number of amides is 1. The van der Waals surface area contributed by atoms with E-state index in [1.54, 1.807) is 0 Å². The second kappa shape index (κ2) is 12.6. The van der Waals surface area contributed by atoms with Gasteiger partial charge in [-0.1, -0.05) is 0 Å². The van der Waals surface area contributed by atoms with Crippen molar-refractivity contribution in [3.8, 4) is 0 Å². The standard InChI is InChI=1S/C15H34N6O.H2O/c1-21(2,3)13-10-19-15(22)14-20-11-8-17-6-4-16-5-7-18-9-12-20;/h16-18H,4-14H2,1-3H3;1H2. The topological polar surface area (TPSA) is 98.4 Å². The Morgan fingerprint density at radius 1 is 0.957 bits per heavy atom. The van der Waals surface area contributed by atoms with Crippen LogP contribution in [0.5, 0.6) is 0 Å². The van der Waals surface area contributed by atoms with Crippen LogP contribution in [0.25, 0.3) is 0 Å². The Hall–Kier alpha value is -0.770. The van der Waals surface area contributed by atoms with Crippen LogP contribution in [0.15, 0.2) is 0 Å². The molecule has 0 unspecified atom stereocenters. The smallest absolute Gasteiger partial charge is 0.234 e. The summed E-state index contributed by atoms with van der Waals surface area (Å²) in [5, 5.41) is 13.2. The highest BCUT2D eigenvalue weighted by molar-refractivity contribution is 5.77. The van der Waals surface area contributed by atoms with Gasteiger partial charge in [0.2, 0.25) is 5.91 Å². The summed E-state index contributed by atoms with van der Waals surface area (Å²) >= 11 is 0. The summed E-state index contributed by atoms with van der Waals surface area (Å²) in [5.74, 6) is 0.127. The monoisotopic (exact) mass is 332 g/mol. The highest BCUT2D eigenvalue weighted by Gasteiger charge is 2.12. The Morgan fingerprint density at radius 3 is 1.91 bits per heavy atom. The summed E-state index contributed by atoms with van der Waals surface area (Å²) in [6.45, 7) is 9.77. The lowest BCUT2D eigenvalue weighted by atomic mass is 10.4. The molecule has 8 nitrogen and oxygen atoms in total.